The summed E-state index contributed by atoms with van der Waals surface area (Å²) < 4.78 is 0. The molecule has 1 aliphatic carbocycles. The molecule has 0 aliphatic heterocycles. The molecular formula is C17H25NO2. The zero-order valence-electron chi connectivity index (χ0n) is 12.4. The van der Waals surface area contributed by atoms with E-state index in [9.17, 15) is 9.90 Å². The van der Waals surface area contributed by atoms with Crippen molar-refractivity contribution in [2.75, 3.05) is 6.54 Å². The lowest BCUT2D eigenvalue weighted by molar-refractivity contribution is -0.124. The Morgan fingerprint density at radius 2 is 2.00 bits per heavy atom. The summed E-state index contributed by atoms with van der Waals surface area (Å²) in [4.78, 5) is 12.5. The van der Waals surface area contributed by atoms with Crippen LogP contribution in [-0.4, -0.2) is 23.7 Å². The van der Waals surface area contributed by atoms with E-state index in [4.69, 9.17) is 0 Å². The SMILES string of the molecule is CCC(C)C(C(=O)NCC1CC(O)C1)c1ccccc1. The Kier molecular flexibility index (Phi) is 5.18. The molecule has 0 aromatic heterocycles. The standard InChI is InChI=1S/C17H25NO2/c1-3-12(2)16(14-7-5-4-6-8-14)17(20)18-11-13-9-15(19)10-13/h4-8,12-13,15-16,19H,3,9-11H2,1-2H3,(H,18,20). The van der Waals surface area contributed by atoms with Gasteiger partial charge in [0.2, 0.25) is 5.91 Å². The Balaban J connectivity index is 1.97. The van der Waals surface area contributed by atoms with E-state index in [2.05, 4.69) is 19.2 Å². The molecule has 2 unspecified atom stereocenters. The van der Waals surface area contributed by atoms with E-state index in [1.165, 1.54) is 0 Å². The minimum absolute atomic E-state index is 0.0776. The highest BCUT2D eigenvalue weighted by Crippen LogP contribution is 2.29. The second kappa shape index (κ2) is 6.89. The Labute approximate surface area is 121 Å². The number of rotatable bonds is 6. The van der Waals surface area contributed by atoms with Crippen molar-refractivity contribution in [1.29, 1.82) is 0 Å². The topological polar surface area (TPSA) is 49.3 Å². The van der Waals surface area contributed by atoms with Gasteiger partial charge in [0.15, 0.2) is 0 Å². The number of hydrogen-bond acceptors (Lipinski definition) is 2. The lowest BCUT2D eigenvalue weighted by Gasteiger charge is -2.32. The third kappa shape index (κ3) is 3.60. The van der Waals surface area contributed by atoms with Gasteiger partial charge in [0.05, 0.1) is 12.0 Å². The highest BCUT2D eigenvalue weighted by molar-refractivity contribution is 5.83. The summed E-state index contributed by atoms with van der Waals surface area (Å²) in [5.74, 6) is 0.810. The highest BCUT2D eigenvalue weighted by atomic mass is 16.3. The molecule has 2 atom stereocenters. The van der Waals surface area contributed by atoms with Crippen LogP contribution >= 0.6 is 0 Å². The number of nitrogens with one attached hydrogen (secondary N) is 1. The minimum Gasteiger partial charge on any atom is -0.393 e. The van der Waals surface area contributed by atoms with Gasteiger partial charge >= 0.3 is 0 Å². The van der Waals surface area contributed by atoms with Crippen molar-refractivity contribution in [3.05, 3.63) is 35.9 Å². The van der Waals surface area contributed by atoms with Crippen molar-refractivity contribution in [1.82, 2.24) is 5.32 Å². The average Bonchev–Trinajstić information content (AvgIpc) is 2.43. The van der Waals surface area contributed by atoms with Crippen LogP contribution in [0.3, 0.4) is 0 Å². The normalized spacial score (nSPS) is 24.6. The summed E-state index contributed by atoms with van der Waals surface area (Å²) in [6, 6.07) is 10.0. The number of aliphatic hydroxyl groups is 1. The van der Waals surface area contributed by atoms with Gasteiger partial charge in [0.1, 0.15) is 0 Å². The maximum Gasteiger partial charge on any atom is 0.227 e. The molecule has 1 aliphatic rings. The molecule has 0 saturated heterocycles. The summed E-state index contributed by atoms with van der Waals surface area (Å²) in [7, 11) is 0. The van der Waals surface area contributed by atoms with Crippen LogP contribution in [0.25, 0.3) is 0 Å². The fourth-order valence-corrected chi connectivity index (χ4v) is 2.86. The average molecular weight is 275 g/mol. The van der Waals surface area contributed by atoms with Crippen molar-refractivity contribution in [3.8, 4) is 0 Å². The number of hydrogen-bond donors (Lipinski definition) is 2. The Hall–Kier alpha value is -1.35. The first-order chi connectivity index (χ1) is 9.61. The zero-order valence-corrected chi connectivity index (χ0v) is 12.4. The number of benzene rings is 1. The predicted octanol–water partition coefficient (Wildman–Crippen LogP) is 2.70. The molecule has 1 aromatic rings. The molecule has 3 nitrogen and oxygen atoms in total. The number of carbonyl (C=O) groups excluding carboxylic acids is 1. The van der Waals surface area contributed by atoms with E-state index in [-0.39, 0.29) is 17.9 Å². The van der Waals surface area contributed by atoms with Gasteiger partial charge in [0.25, 0.3) is 0 Å². The van der Waals surface area contributed by atoms with Crippen LogP contribution in [0.1, 0.15) is 44.6 Å². The second-order valence-electron chi connectivity index (χ2n) is 6.01. The molecule has 110 valence electrons. The van der Waals surface area contributed by atoms with Crippen LogP contribution in [0.5, 0.6) is 0 Å². The molecule has 2 N–H and O–H groups in total. The van der Waals surface area contributed by atoms with Crippen molar-refractivity contribution in [3.63, 3.8) is 0 Å². The predicted molar refractivity (Wildman–Crippen MR) is 80.4 cm³/mol. The zero-order chi connectivity index (χ0) is 14.5. The second-order valence-corrected chi connectivity index (χ2v) is 6.01. The summed E-state index contributed by atoms with van der Waals surface area (Å²) in [6.45, 7) is 4.94. The number of aliphatic hydroxyl groups excluding tert-OH is 1. The van der Waals surface area contributed by atoms with Crippen molar-refractivity contribution >= 4 is 5.91 Å². The first-order valence-corrected chi connectivity index (χ1v) is 7.62. The Morgan fingerprint density at radius 1 is 1.35 bits per heavy atom. The molecule has 3 heteroatoms. The first-order valence-electron chi connectivity index (χ1n) is 7.62. The van der Waals surface area contributed by atoms with Crippen molar-refractivity contribution in [2.24, 2.45) is 11.8 Å². The van der Waals surface area contributed by atoms with Crippen LogP contribution in [0, 0.1) is 11.8 Å². The monoisotopic (exact) mass is 275 g/mol. The van der Waals surface area contributed by atoms with Gasteiger partial charge in [-0.3, -0.25) is 4.79 Å². The van der Waals surface area contributed by atoms with Crippen LogP contribution in [-0.2, 0) is 4.79 Å². The van der Waals surface area contributed by atoms with E-state index in [0.29, 0.717) is 18.4 Å². The Morgan fingerprint density at radius 3 is 2.55 bits per heavy atom. The summed E-state index contributed by atoms with van der Waals surface area (Å²) >= 11 is 0. The van der Waals surface area contributed by atoms with Crippen LogP contribution in [0.2, 0.25) is 0 Å². The summed E-state index contributed by atoms with van der Waals surface area (Å²) in [5, 5.41) is 12.4. The van der Waals surface area contributed by atoms with E-state index < -0.39 is 0 Å². The molecule has 20 heavy (non-hydrogen) atoms. The fourth-order valence-electron chi connectivity index (χ4n) is 2.86. The van der Waals surface area contributed by atoms with Crippen LogP contribution in [0.4, 0.5) is 0 Å². The molecule has 0 radical (unpaired) electrons. The lowest BCUT2D eigenvalue weighted by atomic mass is 9.81. The minimum atomic E-state index is -0.156. The van der Waals surface area contributed by atoms with Crippen molar-refractivity contribution < 1.29 is 9.90 Å². The van der Waals surface area contributed by atoms with Gasteiger partial charge in [-0.1, -0.05) is 50.6 Å². The third-order valence-corrected chi connectivity index (χ3v) is 4.43. The molecule has 1 saturated carbocycles. The molecule has 0 bridgehead atoms. The van der Waals surface area contributed by atoms with E-state index in [1.54, 1.807) is 0 Å². The van der Waals surface area contributed by atoms with Crippen molar-refractivity contribution in [2.45, 2.75) is 45.1 Å². The molecule has 1 aromatic carbocycles. The van der Waals surface area contributed by atoms with E-state index in [1.807, 2.05) is 30.3 Å². The van der Waals surface area contributed by atoms with Crippen LogP contribution in [0.15, 0.2) is 30.3 Å². The highest BCUT2D eigenvalue weighted by Gasteiger charge is 2.30. The largest absolute Gasteiger partial charge is 0.393 e. The van der Waals surface area contributed by atoms with Gasteiger partial charge in [-0.2, -0.15) is 0 Å². The quantitative estimate of drug-likeness (QED) is 0.838. The molecule has 2 rings (SSSR count). The van der Waals surface area contributed by atoms with Gasteiger partial charge in [-0.15, -0.1) is 0 Å². The fraction of sp³-hybridized carbons (Fsp3) is 0.588. The Bertz CT molecular complexity index is 426. The van der Waals surface area contributed by atoms with Gasteiger partial charge < -0.3 is 10.4 Å². The van der Waals surface area contributed by atoms with Gasteiger partial charge in [0, 0.05) is 6.54 Å². The van der Waals surface area contributed by atoms with Gasteiger partial charge in [-0.05, 0) is 30.2 Å². The van der Waals surface area contributed by atoms with E-state index in [0.717, 1.165) is 24.8 Å². The molecule has 1 amide bonds. The number of carbonyl (C=O) groups is 1. The molecular weight excluding hydrogens is 250 g/mol. The molecule has 1 fully saturated rings. The lowest BCUT2D eigenvalue weighted by Crippen LogP contribution is -2.41. The van der Waals surface area contributed by atoms with E-state index >= 15 is 0 Å². The van der Waals surface area contributed by atoms with Gasteiger partial charge in [-0.25, -0.2) is 0 Å². The van der Waals surface area contributed by atoms with Crippen LogP contribution < -0.4 is 5.32 Å². The number of amides is 1. The summed E-state index contributed by atoms with van der Waals surface area (Å²) in [5.41, 5.74) is 1.09. The third-order valence-electron chi connectivity index (χ3n) is 4.43. The molecule has 0 heterocycles. The maximum atomic E-state index is 12.5. The molecule has 0 spiro atoms. The first kappa shape index (κ1) is 15.0. The maximum absolute atomic E-state index is 12.5. The summed E-state index contributed by atoms with van der Waals surface area (Å²) in [6.07, 6.45) is 2.46. The smallest absolute Gasteiger partial charge is 0.227 e.